The van der Waals surface area contributed by atoms with Gasteiger partial charge in [0.05, 0.1) is 0 Å². The third kappa shape index (κ3) is 3.25. The molecule has 0 saturated heterocycles. The summed E-state index contributed by atoms with van der Waals surface area (Å²) in [6.07, 6.45) is 3.37. The Hall–Kier alpha value is -1.95. The molecule has 0 unspecified atom stereocenters. The van der Waals surface area contributed by atoms with Crippen LogP contribution in [0.3, 0.4) is 0 Å². The lowest BCUT2D eigenvalue weighted by molar-refractivity contribution is 0.262. The quantitative estimate of drug-likeness (QED) is 0.820. The Morgan fingerprint density at radius 2 is 2.24 bits per heavy atom. The van der Waals surface area contributed by atoms with Gasteiger partial charge in [0, 0.05) is 16.6 Å². The number of hydrogen-bond donors (Lipinski definition) is 2. The molecule has 0 aliphatic heterocycles. The largest absolute Gasteiger partial charge is 0.363 e. The second-order valence-corrected chi connectivity index (χ2v) is 4.08. The number of nitrogens with zero attached hydrogens (tertiary/aromatic N) is 1. The minimum atomic E-state index is -0.350. The minimum absolute atomic E-state index is 0.350. The number of carbonyl (C=O) groups is 1. The molecule has 0 bridgehead atoms. The van der Waals surface area contributed by atoms with Crippen LogP contribution in [-0.4, -0.2) is 17.4 Å². The van der Waals surface area contributed by atoms with Gasteiger partial charge in [0.25, 0.3) is 0 Å². The fourth-order valence-corrected chi connectivity index (χ4v) is 1.72. The third-order valence-electron chi connectivity index (χ3n) is 2.01. The van der Waals surface area contributed by atoms with E-state index in [1.165, 1.54) is 6.26 Å². The molecule has 0 saturated carbocycles. The van der Waals surface area contributed by atoms with E-state index < -0.39 is 0 Å². The highest BCUT2D eigenvalue weighted by Crippen LogP contribution is 2.19. The molecule has 0 aliphatic carbocycles. The van der Waals surface area contributed by atoms with Gasteiger partial charge in [-0.3, -0.25) is 5.32 Å². The lowest BCUT2D eigenvalue weighted by atomic mass is 10.3. The van der Waals surface area contributed by atoms with Crippen molar-refractivity contribution in [3.8, 4) is 0 Å². The van der Waals surface area contributed by atoms with E-state index >= 15 is 0 Å². The van der Waals surface area contributed by atoms with Crippen LogP contribution in [0, 0.1) is 0 Å². The number of urea groups is 1. The molecule has 1 aromatic carbocycles. The molecule has 0 radical (unpaired) electrons. The van der Waals surface area contributed by atoms with Gasteiger partial charge in [-0.25, -0.2) is 4.79 Å². The lowest BCUT2D eigenvalue weighted by Gasteiger charge is -2.06. The van der Waals surface area contributed by atoms with Crippen LogP contribution in [0.1, 0.15) is 0 Å². The summed E-state index contributed by atoms with van der Waals surface area (Å²) in [5.74, 6) is 0.378. The first-order valence-corrected chi connectivity index (χ1v) is 6.13. The first-order valence-electron chi connectivity index (χ1n) is 4.90. The molecule has 0 aliphatic rings. The van der Waals surface area contributed by atoms with Crippen LogP contribution >= 0.6 is 11.8 Å². The Kier molecular flexibility index (Phi) is 3.66. The molecule has 6 heteroatoms. The zero-order chi connectivity index (χ0) is 12.1. The number of thioether (sulfide) groups is 1. The minimum Gasteiger partial charge on any atom is -0.363 e. The van der Waals surface area contributed by atoms with Crippen LogP contribution < -0.4 is 10.6 Å². The number of amides is 2. The van der Waals surface area contributed by atoms with Gasteiger partial charge in [0.15, 0.2) is 5.82 Å². The van der Waals surface area contributed by atoms with Crippen LogP contribution in [0.2, 0.25) is 0 Å². The number of carbonyl (C=O) groups excluding carboxylic acids is 1. The van der Waals surface area contributed by atoms with Gasteiger partial charge in [-0.15, -0.1) is 11.8 Å². The van der Waals surface area contributed by atoms with Gasteiger partial charge in [-0.05, 0) is 24.5 Å². The SMILES string of the molecule is CSc1cccc(NC(=O)Nc2ccon2)c1. The van der Waals surface area contributed by atoms with Crippen molar-refractivity contribution in [2.75, 3.05) is 16.9 Å². The van der Waals surface area contributed by atoms with Crippen LogP contribution in [0.15, 0.2) is 46.0 Å². The van der Waals surface area contributed by atoms with Crippen molar-refractivity contribution in [1.29, 1.82) is 0 Å². The highest BCUT2D eigenvalue weighted by Gasteiger charge is 2.04. The predicted octanol–water partition coefficient (Wildman–Crippen LogP) is 3.04. The Balaban J connectivity index is 1.98. The number of nitrogens with one attached hydrogen (secondary N) is 2. The topological polar surface area (TPSA) is 67.2 Å². The summed E-state index contributed by atoms with van der Waals surface area (Å²) < 4.78 is 4.61. The maximum absolute atomic E-state index is 11.6. The average Bonchev–Trinajstić information content (AvgIpc) is 2.82. The van der Waals surface area contributed by atoms with Crippen molar-refractivity contribution < 1.29 is 9.32 Å². The highest BCUT2D eigenvalue weighted by atomic mass is 32.2. The van der Waals surface area contributed by atoms with Crippen LogP contribution in [-0.2, 0) is 0 Å². The molecule has 88 valence electrons. The Labute approximate surface area is 103 Å². The molecular formula is C11H11N3O2S. The zero-order valence-corrected chi connectivity index (χ0v) is 9.95. The summed E-state index contributed by atoms with van der Waals surface area (Å²) >= 11 is 1.62. The van der Waals surface area contributed by atoms with Gasteiger partial charge in [0.1, 0.15) is 6.26 Å². The van der Waals surface area contributed by atoms with E-state index in [1.807, 2.05) is 30.5 Å². The predicted molar refractivity (Wildman–Crippen MR) is 67.4 cm³/mol. The Bertz CT molecular complexity index is 499. The maximum Gasteiger partial charge on any atom is 0.324 e. The van der Waals surface area contributed by atoms with Crippen molar-refractivity contribution in [2.45, 2.75) is 4.90 Å². The van der Waals surface area contributed by atoms with Crippen molar-refractivity contribution in [2.24, 2.45) is 0 Å². The zero-order valence-electron chi connectivity index (χ0n) is 9.14. The fraction of sp³-hybridized carbons (Fsp3) is 0.0909. The number of benzene rings is 1. The molecule has 1 heterocycles. The molecule has 17 heavy (non-hydrogen) atoms. The molecular weight excluding hydrogens is 238 g/mol. The number of anilines is 2. The molecule has 5 nitrogen and oxygen atoms in total. The summed E-state index contributed by atoms with van der Waals surface area (Å²) in [6, 6.07) is 8.80. The highest BCUT2D eigenvalue weighted by molar-refractivity contribution is 7.98. The number of rotatable bonds is 3. The van der Waals surface area contributed by atoms with Gasteiger partial charge in [-0.2, -0.15) is 0 Å². The summed E-state index contributed by atoms with van der Waals surface area (Å²) in [4.78, 5) is 12.7. The van der Waals surface area contributed by atoms with Gasteiger partial charge in [-0.1, -0.05) is 11.2 Å². The molecule has 2 amide bonds. The molecule has 0 atom stereocenters. The van der Waals surface area contributed by atoms with E-state index in [0.717, 1.165) is 10.6 Å². The van der Waals surface area contributed by atoms with E-state index in [-0.39, 0.29) is 6.03 Å². The third-order valence-corrected chi connectivity index (χ3v) is 2.73. The number of aromatic nitrogens is 1. The van der Waals surface area contributed by atoms with E-state index in [4.69, 9.17) is 0 Å². The van der Waals surface area contributed by atoms with E-state index in [2.05, 4.69) is 20.3 Å². The second-order valence-electron chi connectivity index (χ2n) is 3.20. The van der Waals surface area contributed by atoms with Crippen molar-refractivity contribution in [1.82, 2.24) is 5.16 Å². The van der Waals surface area contributed by atoms with Gasteiger partial charge >= 0.3 is 6.03 Å². The maximum atomic E-state index is 11.6. The summed E-state index contributed by atoms with van der Waals surface area (Å²) in [6.45, 7) is 0. The van der Waals surface area contributed by atoms with E-state index in [9.17, 15) is 4.79 Å². The van der Waals surface area contributed by atoms with Crippen molar-refractivity contribution in [3.63, 3.8) is 0 Å². The second kappa shape index (κ2) is 5.40. The Morgan fingerprint density at radius 3 is 2.94 bits per heavy atom. The average molecular weight is 249 g/mol. The smallest absolute Gasteiger partial charge is 0.324 e. The van der Waals surface area contributed by atoms with E-state index in [1.54, 1.807) is 17.8 Å². The Morgan fingerprint density at radius 1 is 1.35 bits per heavy atom. The van der Waals surface area contributed by atoms with Crippen LogP contribution in [0.5, 0.6) is 0 Å². The number of hydrogen-bond acceptors (Lipinski definition) is 4. The molecule has 2 N–H and O–H groups in total. The monoisotopic (exact) mass is 249 g/mol. The molecule has 0 spiro atoms. The summed E-state index contributed by atoms with van der Waals surface area (Å²) in [5, 5.41) is 8.84. The summed E-state index contributed by atoms with van der Waals surface area (Å²) in [7, 11) is 0. The normalized spacial score (nSPS) is 9.94. The molecule has 1 aromatic heterocycles. The van der Waals surface area contributed by atoms with Crippen LogP contribution in [0.4, 0.5) is 16.3 Å². The fourth-order valence-electron chi connectivity index (χ4n) is 1.26. The first-order chi connectivity index (χ1) is 8.28. The van der Waals surface area contributed by atoms with Gasteiger partial charge in [0.2, 0.25) is 0 Å². The standard InChI is InChI=1S/C11H11N3O2S/c1-17-9-4-2-3-8(7-9)12-11(15)13-10-5-6-16-14-10/h2-7H,1H3,(H2,12,13,14,15). The van der Waals surface area contributed by atoms with Gasteiger partial charge < -0.3 is 9.84 Å². The lowest BCUT2D eigenvalue weighted by Crippen LogP contribution is -2.19. The molecule has 2 rings (SSSR count). The molecule has 2 aromatic rings. The first kappa shape index (κ1) is 11.5. The van der Waals surface area contributed by atoms with Crippen molar-refractivity contribution in [3.05, 3.63) is 36.6 Å². The summed E-state index contributed by atoms with van der Waals surface area (Å²) in [5.41, 5.74) is 0.734. The van der Waals surface area contributed by atoms with Crippen LogP contribution in [0.25, 0.3) is 0 Å². The van der Waals surface area contributed by atoms with Crippen molar-refractivity contribution >= 4 is 29.3 Å². The van der Waals surface area contributed by atoms with E-state index in [0.29, 0.717) is 5.82 Å². The molecule has 0 fully saturated rings.